The van der Waals surface area contributed by atoms with Crippen LogP contribution in [0.2, 0.25) is 0 Å². The topological polar surface area (TPSA) is 101 Å². The maximum absolute atomic E-state index is 12.9. The van der Waals surface area contributed by atoms with Gasteiger partial charge in [-0.05, 0) is 61.8 Å². The van der Waals surface area contributed by atoms with E-state index in [-0.39, 0.29) is 35.7 Å². The van der Waals surface area contributed by atoms with Crippen LogP contribution < -0.4 is 10.6 Å². The molecule has 186 valence electrons. The van der Waals surface area contributed by atoms with Gasteiger partial charge in [-0.2, -0.15) is 5.26 Å². The molecule has 2 heterocycles. The number of amides is 3. The number of benzene rings is 1. The third-order valence-electron chi connectivity index (χ3n) is 7.38. The summed E-state index contributed by atoms with van der Waals surface area (Å²) in [6.45, 7) is 11.6. The quantitative estimate of drug-likeness (QED) is 0.649. The Morgan fingerprint density at radius 1 is 1.26 bits per heavy atom. The summed E-state index contributed by atoms with van der Waals surface area (Å²) >= 11 is 0. The summed E-state index contributed by atoms with van der Waals surface area (Å²) in [5.74, 6) is 0.0772. The molecule has 0 aromatic heterocycles. The number of rotatable bonds is 6. The lowest BCUT2D eigenvalue weighted by Gasteiger charge is -2.39. The second-order valence-electron chi connectivity index (χ2n) is 10.4. The molecule has 0 radical (unpaired) electrons. The van der Waals surface area contributed by atoms with E-state index in [4.69, 9.17) is 5.26 Å². The van der Waals surface area contributed by atoms with Crippen molar-refractivity contribution in [2.45, 2.75) is 58.9 Å². The first-order valence-electron chi connectivity index (χ1n) is 12.6. The molecule has 1 aromatic carbocycles. The number of aliphatic imine (C=N–C) groups is 1. The summed E-state index contributed by atoms with van der Waals surface area (Å²) in [7, 11) is 0. The summed E-state index contributed by atoms with van der Waals surface area (Å²) in [4.78, 5) is 33.6. The third-order valence-corrected chi connectivity index (χ3v) is 7.38. The summed E-state index contributed by atoms with van der Waals surface area (Å²) in [6, 6.07) is 7.98. The zero-order valence-corrected chi connectivity index (χ0v) is 21.2. The van der Waals surface area contributed by atoms with Crippen LogP contribution in [0.1, 0.15) is 64.0 Å². The predicted molar refractivity (Wildman–Crippen MR) is 138 cm³/mol. The number of likely N-dealkylation sites (N-methyl/N-ethyl adjacent to an activating group) is 2. The Hall–Kier alpha value is -3.34. The van der Waals surface area contributed by atoms with Crippen LogP contribution in [0.5, 0.6) is 0 Å². The van der Waals surface area contributed by atoms with Crippen molar-refractivity contribution in [1.29, 1.82) is 5.26 Å². The zero-order valence-electron chi connectivity index (χ0n) is 21.2. The largest absolute Gasteiger partial charge is 0.349 e. The van der Waals surface area contributed by atoms with Gasteiger partial charge in [0.1, 0.15) is 6.04 Å². The normalized spacial score (nSPS) is 22.3. The van der Waals surface area contributed by atoms with Gasteiger partial charge in [0, 0.05) is 43.3 Å². The van der Waals surface area contributed by atoms with Crippen LogP contribution in [0.15, 0.2) is 29.3 Å². The number of nitrogens with zero attached hydrogens (tertiary/aromatic N) is 4. The van der Waals surface area contributed by atoms with Gasteiger partial charge in [0.2, 0.25) is 0 Å². The van der Waals surface area contributed by atoms with Crippen molar-refractivity contribution in [2.24, 2.45) is 10.4 Å². The lowest BCUT2D eigenvalue weighted by molar-refractivity contribution is -0.110. The van der Waals surface area contributed by atoms with E-state index in [0.717, 1.165) is 30.5 Å². The van der Waals surface area contributed by atoms with Crippen molar-refractivity contribution in [2.75, 3.05) is 38.0 Å². The average molecular weight is 477 g/mol. The molecule has 3 aliphatic rings. The Morgan fingerprint density at radius 3 is 2.54 bits per heavy atom. The number of urea groups is 1. The molecule has 0 bridgehead atoms. The molecule has 0 saturated carbocycles. The van der Waals surface area contributed by atoms with E-state index < -0.39 is 6.04 Å². The molecular formula is C27H36N6O2. The van der Waals surface area contributed by atoms with E-state index in [0.29, 0.717) is 26.2 Å². The van der Waals surface area contributed by atoms with Crippen LogP contribution in [0.4, 0.5) is 10.5 Å². The number of amidine groups is 1. The average Bonchev–Trinajstić information content (AvgIpc) is 3.34. The second-order valence-corrected chi connectivity index (χ2v) is 10.4. The highest BCUT2D eigenvalue weighted by Crippen LogP contribution is 2.41. The number of carbonyl (C=O) groups is 2. The van der Waals surface area contributed by atoms with Crippen LogP contribution in [-0.4, -0.2) is 66.3 Å². The van der Waals surface area contributed by atoms with Gasteiger partial charge in [-0.3, -0.25) is 9.79 Å². The minimum absolute atomic E-state index is 0.105. The molecule has 35 heavy (non-hydrogen) atoms. The Labute approximate surface area is 208 Å². The van der Waals surface area contributed by atoms with Crippen molar-refractivity contribution >= 4 is 29.0 Å². The first kappa shape index (κ1) is 24.8. The van der Waals surface area contributed by atoms with Crippen molar-refractivity contribution in [3.63, 3.8) is 0 Å². The van der Waals surface area contributed by atoms with Crippen molar-refractivity contribution in [3.8, 4) is 6.07 Å². The van der Waals surface area contributed by atoms with E-state index in [1.807, 2.05) is 29.7 Å². The molecular weight excluding hydrogens is 440 g/mol. The summed E-state index contributed by atoms with van der Waals surface area (Å²) < 4.78 is 0. The first-order chi connectivity index (χ1) is 16.7. The highest BCUT2D eigenvalue weighted by Gasteiger charge is 2.32. The predicted octanol–water partition coefficient (Wildman–Crippen LogP) is 3.97. The Kier molecular flexibility index (Phi) is 7.15. The van der Waals surface area contributed by atoms with Crippen LogP contribution in [0.25, 0.3) is 5.57 Å². The zero-order chi connectivity index (χ0) is 25.2. The molecule has 1 fully saturated rings. The SMILES string of the molecule is CCN1CC(c2ccc(NC(=O)C3=NCC(C#N)N3)c(C3=CCC(C)(C)CC3)c2)CN(CC)C1=O. The highest BCUT2D eigenvalue weighted by atomic mass is 16.2. The number of allylic oxidation sites excluding steroid dienone is 2. The molecule has 1 aromatic rings. The Morgan fingerprint density at radius 2 is 1.97 bits per heavy atom. The lowest BCUT2D eigenvalue weighted by atomic mass is 9.76. The van der Waals surface area contributed by atoms with Crippen molar-refractivity contribution < 1.29 is 9.59 Å². The maximum atomic E-state index is 12.9. The molecule has 8 heteroatoms. The Balaban J connectivity index is 1.65. The number of hydrogen-bond donors (Lipinski definition) is 2. The van der Waals surface area contributed by atoms with Crippen LogP contribution in [0, 0.1) is 16.7 Å². The number of hydrogen-bond acceptors (Lipinski definition) is 5. The van der Waals surface area contributed by atoms with E-state index in [2.05, 4.69) is 53.8 Å². The number of nitrogens with one attached hydrogen (secondary N) is 2. The molecule has 2 aliphatic heterocycles. The standard InChI is InChI=1S/C27H36N6O2/c1-5-32-16-20(17-33(6-2)26(32)35)19-7-8-23(31-25(34)24-29-15-21(14-28)30-24)22(13-19)18-9-11-27(3,4)12-10-18/h7-9,13,20-21H,5-6,10-12,15-17H2,1-4H3,(H,29,30)(H,31,34). The molecule has 8 nitrogen and oxygen atoms in total. The van der Waals surface area contributed by atoms with Gasteiger partial charge in [-0.1, -0.05) is 26.0 Å². The van der Waals surface area contributed by atoms with Crippen LogP contribution in [0.3, 0.4) is 0 Å². The first-order valence-corrected chi connectivity index (χ1v) is 12.6. The summed E-state index contributed by atoms with van der Waals surface area (Å²) in [5, 5.41) is 15.0. The molecule has 1 saturated heterocycles. The summed E-state index contributed by atoms with van der Waals surface area (Å²) in [5.41, 5.74) is 4.47. The van der Waals surface area contributed by atoms with Crippen molar-refractivity contribution in [1.82, 2.24) is 15.1 Å². The van der Waals surface area contributed by atoms with E-state index in [1.54, 1.807) is 0 Å². The van der Waals surface area contributed by atoms with Gasteiger partial charge in [-0.15, -0.1) is 0 Å². The molecule has 3 amide bonds. The van der Waals surface area contributed by atoms with Crippen LogP contribution >= 0.6 is 0 Å². The molecule has 1 atom stereocenters. The molecule has 1 unspecified atom stereocenters. The molecule has 0 spiro atoms. The molecule has 4 rings (SSSR count). The Bertz CT molecular complexity index is 1080. The lowest BCUT2D eigenvalue weighted by Crippen LogP contribution is -2.52. The second kappa shape index (κ2) is 10.1. The number of anilines is 1. The smallest absolute Gasteiger partial charge is 0.320 e. The van der Waals surface area contributed by atoms with Gasteiger partial charge < -0.3 is 20.4 Å². The number of nitriles is 1. The third kappa shape index (κ3) is 5.34. The van der Waals surface area contributed by atoms with Gasteiger partial charge in [0.15, 0.2) is 5.84 Å². The highest BCUT2D eigenvalue weighted by molar-refractivity contribution is 6.42. The molecule has 1 aliphatic carbocycles. The molecule has 2 N–H and O–H groups in total. The fourth-order valence-electron chi connectivity index (χ4n) is 5.03. The fraction of sp³-hybridized carbons (Fsp3) is 0.556. The fourth-order valence-corrected chi connectivity index (χ4v) is 5.03. The van der Waals surface area contributed by atoms with Gasteiger partial charge in [0.25, 0.3) is 5.91 Å². The van der Waals surface area contributed by atoms with Gasteiger partial charge >= 0.3 is 6.03 Å². The van der Waals surface area contributed by atoms with Gasteiger partial charge in [-0.25, -0.2) is 4.79 Å². The van der Waals surface area contributed by atoms with E-state index in [9.17, 15) is 9.59 Å². The monoisotopic (exact) mass is 476 g/mol. The minimum atomic E-state index is -0.460. The number of carbonyl (C=O) groups excluding carboxylic acids is 2. The van der Waals surface area contributed by atoms with Crippen molar-refractivity contribution in [3.05, 3.63) is 35.4 Å². The van der Waals surface area contributed by atoms with Gasteiger partial charge in [0.05, 0.1) is 12.6 Å². The van der Waals surface area contributed by atoms with Crippen LogP contribution in [-0.2, 0) is 4.79 Å². The summed E-state index contributed by atoms with van der Waals surface area (Å²) in [6.07, 6.45) is 5.32. The van der Waals surface area contributed by atoms with E-state index >= 15 is 0 Å². The minimum Gasteiger partial charge on any atom is -0.349 e. The maximum Gasteiger partial charge on any atom is 0.320 e. The van der Waals surface area contributed by atoms with E-state index in [1.165, 1.54) is 11.1 Å².